The van der Waals surface area contributed by atoms with Crippen molar-refractivity contribution in [3.63, 3.8) is 0 Å². The first-order chi connectivity index (χ1) is 6.74. The molecule has 0 saturated carbocycles. The minimum atomic E-state index is 0.725. The summed E-state index contributed by atoms with van der Waals surface area (Å²) < 4.78 is 5.25. The molecule has 1 nitrogen and oxygen atoms in total. The van der Waals surface area contributed by atoms with Crippen LogP contribution in [0.1, 0.15) is 52.9 Å². The van der Waals surface area contributed by atoms with Gasteiger partial charge in [0.2, 0.25) is 0 Å². The predicted molar refractivity (Wildman–Crippen MR) is 63.6 cm³/mol. The summed E-state index contributed by atoms with van der Waals surface area (Å²) in [4.78, 5) is 0. The van der Waals surface area contributed by atoms with E-state index in [0.717, 1.165) is 12.5 Å². The van der Waals surface area contributed by atoms with Crippen LogP contribution in [-0.4, -0.2) is 13.7 Å². The first-order valence-electron chi connectivity index (χ1n) is 5.85. The SMILES string of the molecule is CC=C(C)CC(CCCCC)COC. The molecule has 1 atom stereocenters. The van der Waals surface area contributed by atoms with Gasteiger partial charge in [0.05, 0.1) is 0 Å². The molecular formula is C13H26O. The lowest BCUT2D eigenvalue weighted by Crippen LogP contribution is -2.08. The second-order valence-electron chi connectivity index (χ2n) is 4.16. The molecule has 0 amide bonds. The maximum absolute atomic E-state index is 5.25. The van der Waals surface area contributed by atoms with Crippen molar-refractivity contribution in [1.82, 2.24) is 0 Å². The van der Waals surface area contributed by atoms with Gasteiger partial charge >= 0.3 is 0 Å². The molecule has 0 aromatic carbocycles. The van der Waals surface area contributed by atoms with Crippen LogP contribution in [0.25, 0.3) is 0 Å². The fourth-order valence-corrected chi connectivity index (χ4v) is 1.74. The number of hydrogen-bond acceptors (Lipinski definition) is 1. The monoisotopic (exact) mass is 198 g/mol. The smallest absolute Gasteiger partial charge is 0.0493 e. The molecule has 0 heterocycles. The average Bonchev–Trinajstić information content (AvgIpc) is 2.18. The molecule has 1 unspecified atom stereocenters. The van der Waals surface area contributed by atoms with E-state index in [1.54, 1.807) is 7.11 Å². The highest BCUT2D eigenvalue weighted by Gasteiger charge is 2.08. The number of methoxy groups -OCH3 is 1. The lowest BCUT2D eigenvalue weighted by atomic mass is 9.95. The molecule has 0 aromatic rings. The van der Waals surface area contributed by atoms with Crippen LogP contribution in [0.5, 0.6) is 0 Å². The Bertz CT molecular complexity index is 149. The topological polar surface area (TPSA) is 9.23 Å². The van der Waals surface area contributed by atoms with Crippen LogP contribution in [0.3, 0.4) is 0 Å². The van der Waals surface area contributed by atoms with Crippen molar-refractivity contribution < 1.29 is 4.74 Å². The van der Waals surface area contributed by atoms with E-state index in [4.69, 9.17) is 4.74 Å². The zero-order chi connectivity index (χ0) is 10.8. The Labute approximate surface area is 89.5 Å². The van der Waals surface area contributed by atoms with Crippen LogP contribution in [0.4, 0.5) is 0 Å². The van der Waals surface area contributed by atoms with Gasteiger partial charge in [-0.2, -0.15) is 0 Å². The highest BCUT2D eigenvalue weighted by molar-refractivity contribution is 4.96. The van der Waals surface area contributed by atoms with Crippen molar-refractivity contribution in [1.29, 1.82) is 0 Å². The van der Waals surface area contributed by atoms with E-state index in [1.165, 1.54) is 37.7 Å². The van der Waals surface area contributed by atoms with Crippen molar-refractivity contribution in [3.05, 3.63) is 11.6 Å². The maximum atomic E-state index is 5.25. The van der Waals surface area contributed by atoms with Gasteiger partial charge in [0.25, 0.3) is 0 Å². The molecular weight excluding hydrogens is 172 g/mol. The van der Waals surface area contributed by atoms with Gasteiger partial charge in [0, 0.05) is 13.7 Å². The third-order valence-corrected chi connectivity index (χ3v) is 2.72. The first-order valence-corrected chi connectivity index (χ1v) is 5.85. The third kappa shape index (κ3) is 7.14. The predicted octanol–water partition coefficient (Wildman–Crippen LogP) is 4.19. The van der Waals surface area contributed by atoms with E-state index in [0.29, 0.717) is 0 Å². The van der Waals surface area contributed by atoms with Gasteiger partial charge in [0.1, 0.15) is 0 Å². The van der Waals surface area contributed by atoms with E-state index in [9.17, 15) is 0 Å². The highest BCUT2D eigenvalue weighted by atomic mass is 16.5. The number of unbranched alkanes of at least 4 members (excludes halogenated alkanes) is 2. The van der Waals surface area contributed by atoms with E-state index in [1.807, 2.05) is 0 Å². The van der Waals surface area contributed by atoms with Crippen molar-refractivity contribution in [2.75, 3.05) is 13.7 Å². The summed E-state index contributed by atoms with van der Waals surface area (Å²) in [5.74, 6) is 0.725. The summed E-state index contributed by atoms with van der Waals surface area (Å²) in [6.45, 7) is 7.49. The normalized spacial score (nSPS) is 14.4. The molecule has 0 rings (SSSR count). The van der Waals surface area contributed by atoms with Gasteiger partial charge in [-0.3, -0.25) is 0 Å². The molecule has 0 aliphatic rings. The summed E-state index contributed by atoms with van der Waals surface area (Å²) in [6, 6.07) is 0. The van der Waals surface area contributed by atoms with Gasteiger partial charge in [0.15, 0.2) is 0 Å². The molecule has 0 aliphatic carbocycles. The molecule has 84 valence electrons. The first kappa shape index (κ1) is 13.7. The Morgan fingerprint density at radius 3 is 2.57 bits per heavy atom. The van der Waals surface area contributed by atoms with Crippen molar-refractivity contribution in [2.45, 2.75) is 52.9 Å². The standard InChI is InChI=1S/C13H26O/c1-5-7-8-9-13(11-14-4)10-12(3)6-2/h6,13H,5,7-11H2,1-4H3. The van der Waals surface area contributed by atoms with Gasteiger partial charge in [-0.15, -0.1) is 0 Å². The van der Waals surface area contributed by atoms with Crippen LogP contribution < -0.4 is 0 Å². The van der Waals surface area contributed by atoms with Gasteiger partial charge in [-0.1, -0.05) is 37.8 Å². The Balaban J connectivity index is 3.76. The number of hydrogen-bond donors (Lipinski definition) is 0. The molecule has 1 heteroatoms. The third-order valence-electron chi connectivity index (χ3n) is 2.72. The van der Waals surface area contributed by atoms with E-state index >= 15 is 0 Å². The minimum absolute atomic E-state index is 0.725. The molecule has 0 radical (unpaired) electrons. The lowest BCUT2D eigenvalue weighted by Gasteiger charge is -2.15. The van der Waals surface area contributed by atoms with Crippen molar-refractivity contribution in [3.8, 4) is 0 Å². The van der Waals surface area contributed by atoms with E-state index < -0.39 is 0 Å². The Morgan fingerprint density at radius 2 is 2.07 bits per heavy atom. The molecule has 0 aliphatic heterocycles. The number of allylic oxidation sites excluding steroid dienone is 2. The van der Waals surface area contributed by atoms with Crippen LogP contribution in [0.15, 0.2) is 11.6 Å². The molecule has 14 heavy (non-hydrogen) atoms. The second-order valence-corrected chi connectivity index (χ2v) is 4.16. The Hall–Kier alpha value is -0.300. The van der Waals surface area contributed by atoms with Crippen molar-refractivity contribution in [2.24, 2.45) is 5.92 Å². The van der Waals surface area contributed by atoms with Crippen LogP contribution in [0, 0.1) is 5.92 Å². The van der Waals surface area contributed by atoms with Crippen LogP contribution in [-0.2, 0) is 4.74 Å². The zero-order valence-corrected chi connectivity index (χ0v) is 10.3. The summed E-state index contributed by atoms with van der Waals surface area (Å²) >= 11 is 0. The highest BCUT2D eigenvalue weighted by Crippen LogP contribution is 2.18. The van der Waals surface area contributed by atoms with Crippen molar-refractivity contribution >= 4 is 0 Å². The number of ether oxygens (including phenoxy) is 1. The molecule has 0 aromatic heterocycles. The zero-order valence-electron chi connectivity index (χ0n) is 10.3. The van der Waals surface area contributed by atoms with Gasteiger partial charge < -0.3 is 4.74 Å². The summed E-state index contributed by atoms with van der Waals surface area (Å²) in [6.07, 6.45) is 8.74. The van der Waals surface area contributed by atoms with E-state index in [2.05, 4.69) is 26.8 Å². The quantitative estimate of drug-likeness (QED) is 0.420. The number of rotatable bonds is 8. The fraction of sp³-hybridized carbons (Fsp3) is 0.846. The molecule has 0 bridgehead atoms. The molecule has 0 spiro atoms. The van der Waals surface area contributed by atoms with Gasteiger partial charge in [-0.05, 0) is 32.6 Å². The lowest BCUT2D eigenvalue weighted by molar-refractivity contribution is 0.146. The molecule has 0 fully saturated rings. The average molecular weight is 198 g/mol. The Morgan fingerprint density at radius 1 is 1.36 bits per heavy atom. The summed E-state index contributed by atoms with van der Waals surface area (Å²) in [5.41, 5.74) is 1.49. The summed E-state index contributed by atoms with van der Waals surface area (Å²) in [5, 5.41) is 0. The Kier molecular flexibility index (Phi) is 9.06. The maximum Gasteiger partial charge on any atom is 0.0493 e. The van der Waals surface area contributed by atoms with Crippen LogP contribution >= 0.6 is 0 Å². The second kappa shape index (κ2) is 9.26. The summed E-state index contributed by atoms with van der Waals surface area (Å²) in [7, 11) is 1.80. The van der Waals surface area contributed by atoms with E-state index in [-0.39, 0.29) is 0 Å². The fourth-order valence-electron chi connectivity index (χ4n) is 1.74. The molecule has 0 saturated heterocycles. The van der Waals surface area contributed by atoms with Gasteiger partial charge in [-0.25, -0.2) is 0 Å². The molecule has 0 N–H and O–H groups in total. The largest absolute Gasteiger partial charge is 0.384 e. The van der Waals surface area contributed by atoms with Crippen LogP contribution in [0.2, 0.25) is 0 Å². The minimum Gasteiger partial charge on any atom is -0.384 e.